The first-order valence-corrected chi connectivity index (χ1v) is 6.46. The Morgan fingerprint density at radius 1 is 0.684 bits per heavy atom. The van der Waals surface area contributed by atoms with Crippen LogP contribution >= 0.6 is 0 Å². The normalized spacial score (nSPS) is 25.6. The van der Waals surface area contributed by atoms with Crippen LogP contribution in [0.3, 0.4) is 0 Å². The van der Waals surface area contributed by atoms with E-state index in [1.54, 1.807) is 0 Å². The molecule has 0 atom stereocenters. The monoisotopic (exact) mass is 289 g/mol. The lowest BCUT2D eigenvalue weighted by Gasteiger charge is -2.46. The van der Waals surface area contributed by atoms with Crippen LogP contribution in [0, 0.1) is 10.8 Å². The summed E-state index contributed by atoms with van der Waals surface area (Å²) in [7, 11) is 0. The first-order valence-electron chi connectivity index (χ1n) is 6.46. The van der Waals surface area contributed by atoms with Crippen LogP contribution in [0.5, 0.6) is 0 Å². The summed E-state index contributed by atoms with van der Waals surface area (Å²) in [6, 6.07) is 0. The quantitative estimate of drug-likeness (QED) is 0.770. The SMILES string of the molecule is FC(F)(F)C1(CNCC2(C(F)(F)F)CCC2)CCC1. The van der Waals surface area contributed by atoms with Crippen molar-refractivity contribution in [1.82, 2.24) is 5.32 Å². The van der Waals surface area contributed by atoms with Gasteiger partial charge in [-0.25, -0.2) is 0 Å². The first-order chi connectivity index (χ1) is 8.62. The standard InChI is InChI=1S/C12H17F6N/c13-11(14,15)9(3-1-4-9)7-19-8-10(5-2-6-10)12(16,17)18/h19H,1-8H2. The predicted molar refractivity (Wildman–Crippen MR) is 57.5 cm³/mol. The Hall–Kier alpha value is -0.460. The molecule has 1 nitrogen and oxygen atoms in total. The second-order valence-electron chi connectivity index (χ2n) is 5.87. The molecule has 0 aromatic heterocycles. The minimum Gasteiger partial charge on any atom is -0.315 e. The fourth-order valence-corrected chi connectivity index (χ4v) is 2.87. The number of rotatable bonds is 4. The minimum atomic E-state index is -4.33. The molecule has 0 aliphatic heterocycles. The van der Waals surface area contributed by atoms with Crippen LogP contribution in [-0.2, 0) is 0 Å². The van der Waals surface area contributed by atoms with Crippen molar-refractivity contribution < 1.29 is 26.3 Å². The average Bonchev–Trinajstić information content (AvgIpc) is 2.07. The Balaban J connectivity index is 1.90. The maximum Gasteiger partial charge on any atom is 0.395 e. The molecule has 1 N–H and O–H groups in total. The van der Waals surface area contributed by atoms with Gasteiger partial charge in [0.25, 0.3) is 0 Å². The third kappa shape index (κ3) is 2.45. The zero-order valence-corrected chi connectivity index (χ0v) is 10.4. The fourth-order valence-electron chi connectivity index (χ4n) is 2.87. The van der Waals surface area contributed by atoms with Gasteiger partial charge >= 0.3 is 12.4 Å². The van der Waals surface area contributed by atoms with Crippen molar-refractivity contribution in [3.63, 3.8) is 0 Å². The van der Waals surface area contributed by atoms with Gasteiger partial charge in [-0.15, -0.1) is 0 Å². The molecule has 0 spiro atoms. The first kappa shape index (κ1) is 14.9. The molecular weight excluding hydrogens is 272 g/mol. The molecule has 2 saturated carbocycles. The van der Waals surface area contributed by atoms with Crippen LogP contribution in [0.25, 0.3) is 0 Å². The van der Waals surface area contributed by atoms with E-state index in [0.717, 1.165) is 0 Å². The van der Waals surface area contributed by atoms with Gasteiger partial charge in [0.05, 0.1) is 10.8 Å². The van der Waals surface area contributed by atoms with E-state index in [4.69, 9.17) is 0 Å². The van der Waals surface area contributed by atoms with Gasteiger partial charge < -0.3 is 5.32 Å². The number of halogens is 6. The molecule has 2 aliphatic carbocycles. The average molecular weight is 289 g/mol. The molecule has 19 heavy (non-hydrogen) atoms. The van der Waals surface area contributed by atoms with Gasteiger partial charge in [-0.05, 0) is 25.7 Å². The van der Waals surface area contributed by atoms with Gasteiger partial charge in [-0.1, -0.05) is 12.8 Å². The van der Waals surface area contributed by atoms with E-state index in [1.807, 2.05) is 0 Å². The molecule has 0 heterocycles. The third-order valence-corrected chi connectivity index (χ3v) is 4.75. The molecule has 112 valence electrons. The molecule has 0 aromatic rings. The number of alkyl halides is 6. The molecule has 0 saturated heterocycles. The molecular formula is C12H17F6N. The summed E-state index contributed by atoms with van der Waals surface area (Å²) < 4.78 is 77.1. The summed E-state index contributed by atoms with van der Waals surface area (Å²) in [4.78, 5) is 0. The summed E-state index contributed by atoms with van der Waals surface area (Å²) in [5.74, 6) is 0. The highest BCUT2D eigenvalue weighted by Crippen LogP contribution is 2.54. The van der Waals surface area contributed by atoms with Crippen LogP contribution in [0.15, 0.2) is 0 Å². The van der Waals surface area contributed by atoms with E-state index < -0.39 is 36.3 Å². The van der Waals surface area contributed by atoms with Crippen LogP contribution < -0.4 is 5.32 Å². The van der Waals surface area contributed by atoms with Crippen LogP contribution in [0.1, 0.15) is 38.5 Å². The van der Waals surface area contributed by atoms with Crippen molar-refractivity contribution in [3.8, 4) is 0 Å². The second-order valence-corrected chi connectivity index (χ2v) is 5.87. The summed E-state index contributed by atoms with van der Waals surface area (Å²) >= 11 is 0. The molecule has 2 rings (SSSR count). The van der Waals surface area contributed by atoms with Gasteiger partial charge in [0.2, 0.25) is 0 Å². The van der Waals surface area contributed by atoms with E-state index in [1.165, 1.54) is 0 Å². The Morgan fingerprint density at radius 2 is 1.00 bits per heavy atom. The molecule has 0 radical (unpaired) electrons. The molecule has 0 bridgehead atoms. The largest absolute Gasteiger partial charge is 0.395 e. The predicted octanol–water partition coefficient (Wildman–Crippen LogP) is 4.04. The number of hydrogen-bond donors (Lipinski definition) is 1. The van der Waals surface area contributed by atoms with Gasteiger partial charge in [0.15, 0.2) is 0 Å². The van der Waals surface area contributed by atoms with Gasteiger partial charge in [-0.2, -0.15) is 26.3 Å². The Labute approximate surface area is 107 Å². The van der Waals surface area contributed by atoms with Gasteiger partial charge in [-0.3, -0.25) is 0 Å². The highest BCUT2D eigenvalue weighted by Gasteiger charge is 2.60. The van der Waals surface area contributed by atoms with Crippen molar-refractivity contribution in [3.05, 3.63) is 0 Å². The van der Waals surface area contributed by atoms with Crippen LogP contribution in [0.4, 0.5) is 26.3 Å². The van der Waals surface area contributed by atoms with E-state index in [9.17, 15) is 26.3 Å². The lowest BCUT2D eigenvalue weighted by atomic mass is 9.66. The van der Waals surface area contributed by atoms with E-state index in [0.29, 0.717) is 12.8 Å². The lowest BCUT2D eigenvalue weighted by Crippen LogP contribution is -2.55. The van der Waals surface area contributed by atoms with Gasteiger partial charge in [0, 0.05) is 13.1 Å². The molecule has 2 aliphatic rings. The third-order valence-electron chi connectivity index (χ3n) is 4.75. The Kier molecular flexibility index (Phi) is 3.56. The summed E-state index contributed by atoms with van der Waals surface area (Å²) in [5.41, 5.74) is -3.60. The summed E-state index contributed by atoms with van der Waals surface area (Å²) in [6.45, 7) is -0.789. The summed E-state index contributed by atoms with van der Waals surface area (Å²) in [6.07, 6.45) is -7.61. The maximum atomic E-state index is 12.8. The molecule has 0 amide bonds. The highest BCUT2D eigenvalue weighted by molar-refractivity contribution is 4.99. The summed E-state index contributed by atoms with van der Waals surface area (Å²) in [5, 5.41) is 2.44. The van der Waals surface area contributed by atoms with Crippen molar-refractivity contribution in [2.24, 2.45) is 10.8 Å². The molecule has 0 unspecified atom stereocenters. The molecule has 7 heteroatoms. The highest BCUT2D eigenvalue weighted by atomic mass is 19.4. The van der Waals surface area contributed by atoms with E-state index in [-0.39, 0.29) is 25.7 Å². The smallest absolute Gasteiger partial charge is 0.315 e. The second kappa shape index (κ2) is 4.53. The zero-order valence-electron chi connectivity index (χ0n) is 10.4. The number of hydrogen-bond acceptors (Lipinski definition) is 1. The van der Waals surface area contributed by atoms with E-state index >= 15 is 0 Å². The van der Waals surface area contributed by atoms with E-state index in [2.05, 4.69) is 5.32 Å². The van der Waals surface area contributed by atoms with Gasteiger partial charge in [0.1, 0.15) is 0 Å². The van der Waals surface area contributed by atoms with Crippen molar-refractivity contribution in [1.29, 1.82) is 0 Å². The number of nitrogens with one attached hydrogen (secondary N) is 1. The van der Waals surface area contributed by atoms with Crippen molar-refractivity contribution >= 4 is 0 Å². The zero-order chi connectivity index (χ0) is 14.4. The molecule has 2 fully saturated rings. The van der Waals surface area contributed by atoms with Crippen LogP contribution in [0.2, 0.25) is 0 Å². The molecule has 0 aromatic carbocycles. The lowest BCUT2D eigenvalue weighted by molar-refractivity contribution is -0.257. The van der Waals surface area contributed by atoms with Crippen molar-refractivity contribution in [2.75, 3.05) is 13.1 Å². The minimum absolute atomic E-state index is 0.0164. The topological polar surface area (TPSA) is 12.0 Å². The Morgan fingerprint density at radius 3 is 1.16 bits per heavy atom. The maximum absolute atomic E-state index is 12.8. The van der Waals surface area contributed by atoms with Crippen LogP contribution in [-0.4, -0.2) is 25.4 Å². The van der Waals surface area contributed by atoms with Crippen molar-refractivity contribution in [2.45, 2.75) is 50.9 Å². The fraction of sp³-hybridized carbons (Fsp3) is 1.00. The Bertz CT molecular complexity index is 292.